The number of benzene rings is 9. The summed E-state index contributed by atoms with van der Waals surface area (Å²) < 4.78 is 80.2. The second-order valence-corrected chi connectivity index (χ2v) is 36.6. The van der Waals surface area contributed by atoms with Crippen molar-refractivity contribution in [1.82, 2.24) is 19.6 Å². The number of carbonyl (C=O) groups excluding carboxylic acids is 3. The molecular weight excluding hydrogens is 1680 g/mol. The molecular formula is C109H119BCl3F3N4O9. The maximum absolute atomic E-state index is 13.9. The minimum absolute atomic E-state index is 0.0134. The molecule has 674 valence electrons. The molecule has 0 spiro atoms. The summed E-state index contributed by atoms with van der Waals surface area (Å²) in [5.41, 5.74) is 19.3. The molecule has 129 heavy (non-hydrogen) atoms. The summed E-state index contributed by atoms with van der Waals surface area (Å²) in [5.74, 6) is -2.44. The molecule has 3 atom stereocenters. The van der Waals surface area contributed by atoms with Crippen LogP contribution in [0.4, 0.5) is 13.2 Å². The van der Waals surface area contributed by atoms with Crippen molar-refractivity contribution in [2.45, 2.75) is 223 Å². The molecule has 14 rings (SSSR count). The number of halogens is 6. The van der Waals surface area contributed by atoms with Gasteiger partial charge in [-0.3, -0.25) is 4.79 Å². The maximum atomic E-state index is 13.9. The van der Waals surface area contributed by atoms with Gasteiger partial charge in [-0.2, -0.15) is 10.2 Å². The third-order valence-electron chi connectivity index (χ3n) is 23.2. The molecule has 0 amide bonds. The van der Waals surface area contributed by atoms with E-state index in [2.05, 4.69) is 157 Å². The van der Waals surface area contributed by atoms with Gasteiger partial charge in [-0.25, -0.2) is 32.1 Å². The molecule has 2 aromatic heterocycles. The number of hydrogen-bond acceptors (Lipinski definition) is 11. The Labute approximate surface area is 774 Å². The van der Waals surface area contributed by atoms with Gasteiger partial charge >= 0.3 is 19.1 Å². The topological polar surface area (TPSA) is 142 Å². The molecule has 3 unspecified atom stereocenters. The quantitative estimate of drug-likeness (QED) is 0.0199. The first kappa shape index (κ1) is 98.9. The van der Waals surface area contributed by atoms with E-state index in [0.29, 0.717) is 27.6 Å². The maximum Gasteiger partial charge on any atom is 0.491 e. The fraction of sp³-hybridized carbons (Fsp3) is 0.330. The number of fused-ring (bicyclic) bond motifs is 2. The number of nitrogens with zero attached hydrogens (tertiary/aromatic N) is 4. The fourth-order valence-electron chi connectivity index (χ4n) is 16.1. The lowest BCUT2D eigenvalue weighted by Gasteiger charge is -2.32. The first-order valence-corrected chi connectivity index (χ1v) is 45.8. The average Bonchev–Trinajstić information content (AvgIpc) is 1.62. The SMILES string of the molecule is C/C=C/c1ccc(/C(=C(/CC)B2OC(C)(C)C(C)(C)O2)c2ccc3c(cnn3C3CCCCO3)c2)cc1.C/C=C/c1ccc(/C(=C(/CC)c2ccc(F)cc2Cl)c2ccc3c(cnn3C3CCCCO3)c2)cc1.CC/C(=C(\C)c1ccc(/C=C/C(=O)OC(C)(C)C)cc1)c1ccc(F)cc1Cl.CCC(C(=O)c1ccc(/C=C/C(=O)OC(C)(C)C)cc1)c1ccc(F)cc1Cl. The Morgan fingerprint density at radius 3 is 1.26 bits per heavy atom. The Bertz CT molecular complexity index is 5960. The summed E-state index contributed by atoms with van der Waals surface area (Å²) in [7, 11) is -0.408. The van der Waals surface area contributed by atoms with Crippen LogP contribution in [0.15, 0.2) is 230 Å². The normalized spacial score (nSPS) is 16.7. The number of ketones is 1. The molecule has 20 heteroatoms. The Morgan fingerprint density at radius 2 is 0.868 bits per heavy atom. The minimum atomic E-state index is -0.547. The Balaban J connectivity index is 0.000000168. The van der Waals surface area contributed by atoms with Crippen LogP contribution in [0.2, 0.25) is 15.1 Å². The van der Waals surface area contributed by atoms with Gasteiger partial charge in [0.1, 0.15) is 28.7 Å². The zero-order valence-corrected chi connectivity index (χ0v) is 79.5. The van der Waals surface area contributed by atoms with Crippen molar-refractivity contribution in [3.63, 3.8) is 0 Å². The second-order valence-electron chi connectivity index (χ2n) is 35.3. The highest BCUT2D eigenvalue weighted by molar-refractivity contribution is 6.56. The summed E-state index contributed by atoms with van der Waals surface area (Å²) in [6.07, 6.45) is 27.7. The van der Waals surface area contributed by atoms with Crippen molar-refractivity contribution in [2.24, 2.45) is 0 Å². The smallest absolute Gasteiger partial charge is 0.457 e. The van der Waals surface area contributed by atoms with Crippen molar-refractivity contribution >= 4 is 134 Å². The van der Waals surface area contributed by atoms with E-state index in [9.17, 15) is 27.6 Å². The van der Waals surface area contributed by atoms with Gasteiger partial charge in [0.2, 0.25) is 0 Å². The number of ether oxygens (including phenoxy) is 4. The van der Waals surface area contributed by atoms with Gasteiger partial charge in [0.25, 0.3) is 0 Å². The van der Waals surface area contributed by atoms with E-state index in [0.717, 1.165) is 175 Å². The monoisotopic (exact) mass is 1800 g/mol. The number of hydrogen-bond donors (Lipinski definition) is 0. The lowest BCUT2D eigenvalue weighted by molar-refractivity contribution is -0.149. The van der Waals surface area contributed by atoms with E-state index >= 15 is 0 Å². The van der Waals surface area contributed by atoms with Gasteiger partial charge in [0, 0.05) is 52.6 Å². The molecule has 0 radical (unpaired) electrons. The first-order chi connectivity index (χ1) is 61.5. The van der Waals surface area contributed by atoms with Crippen LogP contribution in [-0.4, -0.2) is 80.0 Å². The molecule has 0 bridgehead atoms. The second kappa shape index (κ2) is 44.7. The number of aromatic nitrogens is 4. The van der Waals surface area contributed by atoms with Crippen LogP contribution in [0, 0.1) is 17.5 Å². The van der Waals surface area contributed by atoms with Gasteiger partial charge in [-0.15, -0.1) is 0 Å². The van der Waals surface area contributed by atoms with E-state index < -0.39 is 47.2 Å². The van der Waals surface area contributed by atoms with Crippen LogP contribution >= 0.6 is 34.8 Å². The largest absolute Gasteiger partial charge is 0.491 e. The highest BCUT2D eigenvalue weighted by atomic mass is 35.5. The molecule has 11 aromatic rings. The van der Waals surface area contributed by atoms with Crippen molar-refractivity contribution in [3.8, 4) is 0 Å². The molecule has 9 aromatic carbocycles. The van der Waals surface area contributed by atoms with Gasteiger partial charge in [0.05, 0.1) is 44.7 Å². The van der Waals surface area contributed by atoms with Crippen molar-refractivity contribution in [1.29, 1.82) is 0 Å². The van der Waals surface area contributed by atoms with Gasteiger partial charge < -0.3 is 28.3 Å². The molecule has 0 N–H and O–H groups in total. The number of allylic oxidation sites excluding steroid dienone is 6. The summed E-state index contributed by atoms with van der Waals surface area (Å²) >= 11 is 18.9. The lowest BCUT2D eigenvalue weighted by atomic mass is 9.70. The Kier molecular flexibility index (Phi) is 34.3. The average molecular weight is 1800 g/mol. The zero-order chi connectivity index (χ0) is 93.1. The third kappa shape index (κ3) is 25.9. The molecule has 3 saturated heterocycles. The number of esters is 2. The van der Waals surface area contributed by atoms with Crippen LogP contribution in [0.5, 0.6) is 0 Å². The summed E-state index contributed by atoms with van der Waals surface area (Å²) in [5, 5.41) is 12.6. The van der Waals surface area contributed by atoms with Crippen LogP contribution < -0.4 is 0 Å². The Hall–Kier alpha value is -10.7. The van der Waals surface area contributed by atoms with Crippen molar-refractivity contribution in [3.05, 3.63) is 335 Å². The molecule has 0 aliphatic carbocycles. The predicted molar refractivity (Wildman–Crippen MR) is 525 cm³/mol. The summed E-state index contributed by atoms with van der Waals surface area (Å²) in [6, 6.07) is 58.4. The highest BCUT2D eigenvalue weighted by Crippen LogP contribution is 2.45. The molecule has 3 aliphatic heterocycles. The summed E-state index contributed by atoms with van der Waals surface area (Å²) in [4.78, 5) is 36.4. The molecule has 5 heterocycles. The van der Waals surface area contributed by atoms with Gasteiger partial charge in [-0.05, 0) is 327 Å². The molecule has 3 aliphatic rings. The molecule has 3 fully saturated rings. The highest BCUT2D eigenvalue weighted by Gasteiger charge is 2.53. The van der Waals surface area contributed by atoms with E-state index in [4.69, 9.17) is 68.2 Å². The summed E-state index contributed by atoms with van der Waals surface area (Å²) in [6.45, 7) is 35.3. The fourth-order valence-corrected chi connectivity index (χ4v) is 16.9. The van der Waals surface area contributed by atoms with Crippen molar-refractivity contribution < 1.29 is 55.8 Å². The Morgan fingerprint density at radius 1 is 0.481 bits per heavy atom. The third-order valence-corrected chi connectivity index (χ3v) is 24.1. The van der Waals surface area contributed by atoms with Crippen LogP contribution in [0.3, 0.4) is 0 Å². The van der Waals surface area contributed by atoms with Crippen LogP contribution in [0.1, 0.15) is 277 Å². The van der Waals surface area contributed by atoms with E-state index in [1.54, 1.807) is 75.4 Å². The number of rotatable bonds is 23. The first-order valence-electron chi connectivity index (χ1n) is 44.6. The lowest BCUT2D eigenvalue weighted by Crippen LogP contribution is -2.41. The van der Waals surface area contributed by atoms with Gasteiger partial charge in [-0.1, -0.05) is 214 Å². The van der Waals surface area contributed by atoms with E-state index in [-0.39, 0.29) is 40.9 Å². The molecule has 0 saturated carbocycles. The van der Waals surface area contributed by atoms with Gasteiger partial charge in [0.15, 0.2) is 18.2 Å². The predicted octanol–water partition coefficient (Wildman–Crippen LogP) is 29.9. The molecule has 13 nitrogen and oxygen atoms in total. The van der Waals surface area contributed by atoms with Crippen molar-refractivity contribution in [2.75, 3.05) is 13.2 Å². The van der Waals surface area contributed by atoms with E-state index in [1.807, 2.05) is 101 Å². The van der Waals surface area contributed by atoms with E-state index in [1.165, 1.54) is 60.5 Å². The minimum Gasteiger partial charge on any atom is -0.457 e. The van der Waals surface area contributed by atoms with Crippen LogP contribution in [0.25, 0.3) is 74.0 Å². The standard InChI is InChI=1S/C31H39BN2O3.C31H30ClFN2O.C24H26ClFO2.C23H24ClFO3/c1-7-11-22-13-15-23(16-14-22)29(26(8-2)32-36-30(3,4)31(5,6)37-32)24-17-18-27-25(20-24)21-33-34(27)28-12-9-10-19-35-28;1-3-7-21-9-11-22(12-10-21)31(26(4-2)27-15-14-25(33)19-28(27)32)23-13-16-29-24(18-23)20-34-35(29)30-8-5-6-17-36-30;1-6-20(21-13-12-19(26)15-22(21)25)16(2)18-10-7-17(8-11-18)9-14-23(27)28-24(3,4)5;1-5-18(19-12-11-17(25)14-20(19)24)22(27)16-9-6-15(7-10-16)8-13-21(26)28-23(2,3)4/h7,11,13-18,20-21,28H,8-10,12,19H2,1-6H3;3,7,9-16,18-20,30H,4-6,8,17H2,1-2H3;7-15H,6H2,1-5H3;6-14,18H,5H2,1-4H3/b11-7+,29-26+;7-3+,31-26+;14-9+,20-16-;13-8+. The van der Waals surface area contributed by atoms with Crippen LogP contribution in [-0.2, 0) is 37.8 Å². The number of carbonyl (C=O) groups is 3. The number of Topliss-reactive ketones (excluding diaryl/α,β-unsaturated/α-hetero) is 1. The zero-order valence-electron chi connectivity index (χ0n) is 77.2.